The van der Waals surface area contributed by atoms with E-state index in [0.717, 1.165) is 0 Å². The molecular formula is C13H12FNO2. The van der Waals surface area contributed by atoms with Crippen LogP contribution in [0.4, 0.5) is 4.39 Å². The third-order valence-electron chi connectivity index (χ3n) is 2.40. The molecule has 0 saturated carbocycles. The van der Waals surface area contributed by atoms with Crippen LogP contribution in [0.1, 0.15) is 17.4 Å². The second-order valence-electron chi connectivity index (χ2n) is 3.56. The summed E-state index contributed by atoms with van der Waals surface area (Å²) in [6.45, 7) is 0. The van der Waals surface area contributed by atoms with E-state index in [1.54, 1.807) is 30.3 Å². The first-order chi connectivity index (χ1) is 8.20. The van der Waals surface area contributed by atoms with Crippen LogP contribution in [-0.2, 0) is 0 Å². The monoisotopic (exact) mass is 233 g/mol. The third-order valence-corrected chi connectivity index (χ3v) is 2.40. The molecule has 0 fully saturated rings. The summed E-state index contributed by atoms with van der Waals surface area (Å²) in [5.41, 5.74) is 0.890. The number of pyridine rings is 1. The number of ether oxygens (including phenoxy) is 1. The van der Waals surface area contributed by atoms with Gasteiger partial charge >= 0.3 is 0 Å². The highest BCUT2D eigenvalue weighted by molar-refractivity contribution is 5.28. The van der Waals surface area contributed by atoms with Crippen molar-refractivity contribution in [1.82, 2.24) is 4.98 Å². The number of halogens is 1. The number of benzene rings is 1. The Morgan fingerprint density at radius 1 is 1.24 bits per heavy atom. The Bertz CT molecular complexity index is 516. The van der Waals surface area contributed by atoms with Crippen molar-refractivity contribution in [2.24, 2.45) is 0 Å². The summed E-state index contributed by atoms with van der Waals surface area (Å²) in [5.74, 6) is 0.0300. The van der Waals surface area contributed by atoms with Crippen molar-refractivity contribution in [3.05, 3.63) is 59.5 Å². The number of methoxy groups -OCH3 is 1. The van der Waals surface area contributed by atoms with Gasteiger partial charge in [-0.25, -0.2) is 9.37 Å². The maximum Gasteiger partial charge on any atom is 0.213 e. The fourth-order valence-corrected chi connectivity index (χ4v) is 1.54. The summed E-state index contributed by atoms with van der Waals surface area (Å²) in [6.07, 6.45) is -0.958. The number of rotatable bonds is 3. The molecular weight excluding hydrogens is 221 g/mol. The first-order valence-electron chi connectivity index (χ1n) is 5.15. The lowest BCUT2D eigenvalue weighted by molar-refractivity contribution is 0.213. The number of hydrogen-bond donors (Lipinski definition) is 1. The molecule has 0 aliphatic carbocycles. The quantitative estimate of drug-likeness (QED) is 0.884. The largest absolute Gasteiger partial charge is 0.481 e. The maximum atomic E-state index is 13.0. The minimum Gasteiger partial charge on any atom is -0.481 e. The van der Waals surface area contributed by atoms with E-state index < -0.39 is 6.10 Å². The Balaban J connectivity index is 2.33. The standard InChI is InChI=1S/C13H12FNO2/c1-17-12-7-3-6-11(15-12)13(16)9-4-2-5-10(14)8-9/h2-8,13,16H,1H3. The Labute approximate surface area is 98.5 Å². The van der Waals surface area contributed by atoms with Crippen LogP contribution in [0.3, 0.4) is 0 Å². The first-order valence-corrected chi connectivity index (χ1v) is 5.15. The van der Waals surface area contributed by atoms with Gasteiger partial charge in [-0.2, -0.15) is 0 Å². The van der Waals surface area contributed by atoms with Crippen LogP contribution in [0.15, 0.2) is 42.5 Å². The zero-order valence-corrected chi connectivity index (χ0v) is 9.30. The Morgan fingerprint density at radius 3 is 2.71 bits per heavy atom. The predicted octanol–water partition coefficient (Wildman–Crippen LogP) is 2.31. The predicted molar refractivity (Wildman–Crippen MR) is 61.3 cm³/mol. The Hall–Kier alpha value is -1.94. The molecule has 0 bridgehead atoms. The average molecular weight is 233 g/mol. The summed E-state index contributed by atoms with van der Waals surface area (Å²) in [7, 11) is 1.50. The van der Waals surface area contributed by atoms with E-state index in [2.05, 4.69) is 4.98 Å². The Kier molecular flexibility index (Phi) is 3.35. The highest BCUT2D eigenvalue weighted by Gasteiger charge is 2.13. The lowest BCUT2D eigenvalue weighted by atomic mass is 10.1. The van der Waals surface area contributed by atoms with Gasteiger partial charge in [-0.05, 0) is 23.8 Å². The summed E-state index contributed by atoms with van der Waals surface area (Å²) < 4.78 is 18.0. The molecule has 0 aliphatic rings. The zero-order chi connectivity index (χ0) is 12.3. The van der Waals surface area contributed by atoms with Crippen LogP contribution < -0.4 is 4.74 Å². The fourth-order valence-electron chi connectivity index (χ4n) is 1.54. The molecule has 0 saturated heterocycles. The minimum absolute atomic E-state index is 0.385. The van der Waals surface area contributed by atoms with Crippen LogP contribution in [0.2, 0.25) is 0 Å². The molecule has 0 radical (unpaired) electrons. The van der Waals surface area contributed by atoms with Crippen molar-refractivity contribution in [3.8, 4) is 5.88 Å². The zero-order valence-electron chi connectivity index (χ0n) is 9.30. The highest BCUT2D eigenvalue weighted by atomic mass is 19.1. The number of aliphatic hydroxyl groups is 1. The maximum absolute atomic E-state index is 13.0. The van der Waals surface area contributed by atoms with Gasteiger partial charge in [-0.3, -0.25) is 0 Å². The fraction of sp³-hybridized carbons (Fsp3) is 0.154. The van der Waals surface area contributed by atoms with Crippen molar-refractivity contribution in [2.75, 3.05) is 7.11 Å². The van der Waals surface area contributed by atoms with E-state index in [9.17, 15) is 9.50 Å². The van der Waals surface area contributed by atoms with E-state index in [0.29, 0.717) is 17.1 Å². The van der Waals surface area contributed by atoms with Gasteiger partial charge in [0, 0.05) is 6.07 Å². The van der Waals surface area contributed by atoms with E-state index in [4.69, 9.17) is 4.74 Å². The van der Waals surface area contributed by atoms with Crippen molar-refractivity contribution < 1.29 is 14.2 Å². The third kappa shape index (κ3) is 2.60. The van der Waals surface area contributed by atoms with E-state index in [1.165, 1.54) is 19.2 Å². The van der Waals surface area contributed by atoms with E-state index in [1.807, 2.05) is 0 Å². The summed E-state index contributed by atoms with van der Waals surface area (Å²) in [6, 6.07) is 10.9. The van der Waals surface area contributed by atoms with Gasteiger partial charge in [0.05, 0.1) is 12.8 Å². The van der Waals surface area contributed by atoms with E-state index >= 15 is 0 Å². The molecule has 1 N–H and O–H groups in total. The smallest absolute Gasteiger partial charge is 0.213 e. The molecule has 1 aromatic heterocycles. The molecule has 2 aromatic rings. The molecule has 0 aliphatic heterocycles. The molecule has 17 heavy (non-hydrogen) atoms. The van der Waals surface area contributed by atoms with Gasteiger partial charge in [0.15, 0.2) is 0 Å². The van der Waals surface area contributed by atoms with Gasteiger partial charge in [0.25, 0.3) is 0 Å². The molecule has 4 heteroatoms. The lowest BCUT2D eigenvalue weighted by Crippen LogP contribution is -2.03. The van der Waals surface area contributed by atoms with Gasteiger partial charge in [0.1, 0.15) is 11.9 Å². The molecule has 1 aromatic carbocycles. The van der Waals surface area contributed by atoms with Crippen molar-refractivity contribution in [3.63, 3.8) is 0 Å². The minimum atomic E-state index is -0.958. The normalized spacial score (nSPS) is 12.2. The number of aromatic nitrogens is 1. The van der Waals surface area contributed by atoms with Gasteiger partial charge in [0.2, 0.25) is 5.88 Å². The lowest BCUT2D eigenvalue weighted by Gasteiger charge is -2.11. The second kappa shape index (κ2) is 4.93. The van der Waals surface area contributed by atoms with Gasteiger partial charge in [-0.1, -0.05) is 18.2 Å². The topological polar surface area (TPSA) is 42.4 Å². The van der Waals surface area contributed by atoms with E-state index in [-0.39, 0.29) is 5.82 Å². The molecule has 0 spiro atoms. The number of hydrogen-bond acceptors (Lipinski definition) is 3. The highest BCUT2D eigenvalue weighted by Crippen LogP contribution is 2.22. The van der Waals surface area contributed by atoms with Crippen LogP contribution in [0, 0.1) is 5.82 Å². The summed E-state index contributed by atoms with van der Waals surface area (Å²) >= 11 is 0. The Morgan fingerprint density at radius 2 is 2.00 bits per heavy atom. The summed E-state index contributed by atoms with van der Waals surface area (Å²) in [4.78, 5) is 4.10. The summed E-state index contributed by atoms with van der Waals surface area (Å²) in [5, 5.41) is 10.1. The number of nitrogens with zero attached hydrogens (tertiary/aromatic N) is 1. The van der Waals surface area contributed by atoms with Crippen molar-refractivity contribution >= 4 is 0 Å². The van der Waals surface area contributed by atoms with Crippen molar-refractivity contribution in [1.29, 1.82) is 0 Å². The molecule has 1 heterocycles. The molecule has 0 amide bonds. The number of aliphatic hydroxyl groups excluding tert-OH is 1. The van der Waals surface area contributed by atoms with Crippen LogP contribution >= 0.6 is 0 Å². The first kappa shape index (κ1) is 11.5. The molecule has 3 nitrogen and oxygen atoms in total. The molecule has 88 valence electrons. The molecule has 1 atom stereocenters. The second-order valence-corrected chi connectivity index (χ2v) is 3.56. The average Bonchev–Trinajstić information content (AvgIpc) is 2.38. The van der Waals surface area contributed by atoms with Crippen LogP contribution in [-0.4, -0.2) is 17.2 Å². The SMILES string of the molecule is COc1cccc(C(O)c2cccc(F)c2)n1. The van der Waals surface area contributed by atoms with Crippen LogP contribution in [0.5, 0.6) is 5.88 Å². The van der Waals surface area contributed by atoms with Gasteiger partial charge in [-0.15, -0.1) is 0 Å². The van der Waals surface area contributed by atoms with Gasteiger partial charge < -0.3 is 9.84 Å². The molecule has 1 unspecified atom stereocenters. The van der Waals surface area contributed by atoms with Crippen molar-refractivity contribution in [2.45, 2.75) is 6.10 Å². The molecule has 2 rings (SSSR count). The van der Waals surface area contributed by atoms with Crippen LogP contribution in [0.25, 0.3) is 0 Å².